The fraction of sp³-hybridized carbons (Fsp3) is 0.571. The van der Waals surface area contributed by atoms with Crippen LogP contribution >= 0.6 is 11.3 Å². The minimum atomic E-state index is -0.862. The highest BCUT2D eigenvalue weighted by Gasteiger charge is 2.35. The first-order valence-corrected chi connectivity index (χ1v) is 7.46. The maximum absolute atomic E-state index is 12.1. The van der Waals surface area contributed by atoms with Gasteiger partial charge in [-0.2, -0.15) is 0 Å². The summed E-state index contributed by atoms with van der Waals surface area (Å²) in [5, 5.41) is 14.0. The van der Waals surface area contributed by atoms with Gasteiger partial charge in [-0.3, -0.25) is 9.59 Å². The SMILES string of the molecule is CCc1ccsc1C(=O)NCC(CC)(CC)C(=O)O. The van der Waals surface area contributed by atoms with Crippen LogP contribution in [0.1, 0.15) is 48.8 Å². The number of aliphatic carboxylic acids is 1. The Morgan fingerprint density at radius 1 is 1.32 bits per heavy atom. The molecule has 5 heteroatoms. The highest BCUT2D eigenvalue weighted by molar-refractivity contribution is 7.12. The number of amides is 1. The topological polar surface area (TPSA) is 66.4 Å². The molecule has 0 radical (unpaired) electrons. The van der Waals surface area contributed by atoms with Crippen LogP contribution in [0.5, 0.6) is 0 Å². The average Bonchev–Trinajstić information content (AvgIpc) is 2.88. The van der Waals surface area contributed by atoms with E-state index >= 15 is 0 Å². The molecule has 1 rings (SSSR count). The van der Waals surface area contributed by atoms with E-state index in [9.17, 15) is 14.7 Å². The summed E-state index contributed by atoms with van der Waals surface area (Å²) >= 11 is 1.40. The molecule has 0 saturated carbocycles. The second kappa shape index (κ2) is 6.70. The van der Waals surface area contributed by atoms with Crippen LogP contribution in [0.4, 0.5) is 0 Å². The number of carbonyl (C=O) groups excluding carboxylic acids is 1. The summed E-state index contributed by atoms with van der Waals surface area (Å²) in [5.41, 5.74) is 0.149. The van der Waals surface area contributed by atoms with Gasteiger partial charge in [0, 0.05) is 6.54 Å². The van der Waals surface area contributed by atoms with E-state index in [0.29, 0.717) is 17.7 Å². The molecule has 1 aromatic rings. The van der Waals surface area contributed by atoms with E-state index in [1.54, 1.807) is 0 Å². The highest BCUT2D eigenvalue weighted by Crippen LogP contribution is 2.26. The van der Waals surface area contributed by atoms with Gasteiger partial charge in [0.2, 0.25) is 0 Å². The Hall–Kier alpha value is -1.36. The Bertz CT molecular complexity index is 449. The second-order valence-corrected chi connectivity index (χ2v) is 5.52. The Morgan fingerprint density at radius 2 is 1.95 bits per heavy atom. The largest absolute Gasteiger partial charge is 0.481 e. The van der Waals surface area contributed by atoms with E-state index in [0.717, 1.165) is 12.0 Å². The van der Waals surface area contributed by atoms with E-state index in [2.05, 4.69) is 5.32 Å². The molecule has 2 N–H and O–H groups in total. The normalized spacial score (nSPS) is 11.3. The van der Waals surface area contributed by atoms with Gasteiger partial charge in [-0.25, -0.2) is 0 Å². The third-order valence-corrected chi connectivity index (χ3v) is 4.68. The summed E-state index contributed by atoms with van der Waals surface area (Å²) in [6.07, 6.45) is 1.81. The van der Waals surface area contributed by atoms with Gasteiger partial charge in [-0.15, -0.1) is 11.3 Å². The van der Waals surface area contributed by atoms with Crippen molar-refractivity contribution in [2.75, 3.05) is 6.54 Å². The third kappa shape index (κ3) is 3.35. The van der Waals surface area contributed by atoms with Crippen LogP contribution in [0.25, 0.3) is 0 Å². The Morgan fingerprint density at radius 3 is 2.42 bits per heavy atom. The summed E-state index contributed by atoms with van der Waals surface area (Å²) in [5.74, 6) is -1.01. The van der Waals surface area contributed by atoms with Crippen molar-refractivity contribution in [3.05, 3.63) is 21.9 Å². The molecule has 4 nitrogen and oxygen atoms in total. The number of carboxylic acids is 1. The Balaban J connectivity index is 2.75. The smallest absolute Gasteiger partial charge is 0.311 e. The van der Waals surface area contributed by atoms with Crippen LogP contribution in [-0.4, -0.2) is 23.5 Å². The zero-order chi connectivity index (χ0) is 14.5. The zero-order valence-electron chi connectivity index (χ0n) is 11.7. The lowest BCUT2D eigenvalue weighted by Gasteiger charge is -2.26. The first kappa shape index (κ1) is 15.7. The van der Waals surface area contributed by atoms with Crippen molar-refractivity contribution in [3.63, 3.8) is 0 Å². The van der Waals surface area contributed by atoms with Crippen LogP contribution < -0.4 is 5.32 Å². The highest BCUT2D eigenvalue weighted by atomic mass is 32.1. The molecule has 0 unspecified atom stereocenters. The molecule has 1 aromatic heterocycles. The number of aryl methyl sites for hydroxylation is 1. The monoisotopic (exact) mass is 283 g/mol. The summed E-state index contributed by atoms with van der Waals surface area (Å²) < 4.78 is 0. The summed E-state index contributed by atoms with van der Waals surface area (Å²) in [7, 11) is 0. The molecular weight excluding hydrogens is 262 g/mol. The molecule has 0 spiro atoms. The molecule has 19 heavy (non-hydrogen) atoms. The number of hydrogen-bond donors (Lipinski definition) is 2. The van der Waals surface area contributed by atoms with Crippen molar-refractivity contribution in [1.82, 2.24) is 5.32 Å². The first-order chi connectivity index (χ1) is 9.00. The number of carbonyl (C=O) groups is 2. The van der Waals surface area contributed by atoms with E-state index < -0.39 is 11.4 Å². The molecule has 0 aromatic carbocycles. The molecule has 0 aliphatic carbocycles. The molecule has 1 amide bonds. The summed E-state index contributed by atoms with van der Waals surface area (Å²) in [6.45, 7) is 5.85. The van der Waals surface area contributed by atoms with Crippen LogP contribution in [0.3, 0.4) is 0 Å². The van der Waals surface area contributed by atoms with Gasteiger partial charge in [0.15, 0.2) is 0 Å². The van der Waals surface area contributed by atoms with E-state index in [1.807, 2.05) is 32.2 Å². The predicted octanol–water partition coefficient (Wildman–Crippen LogP) is 2.93. The maximum Gasteiger partial charge on any atom is 0.311 e. The van der Waals surface area contributed by atoms with Gasteiger partial charge in [0.25, 0.3) is 5.91 Å². The molecule has 0 fully saturated rings. The van der Waals surface area contributed by atoms with Crippen LogP contribution in [0.15, 0.2) is 11.4 Å². The molecule has 0 aliphatic rings. The van der Waals surface area contributed by atoms with Crippen molar-refractivity contribution in [1.29, 1.82) is 0 Å². The molecule has 0 aliphatic heterocycles. The van der Waals surface area contributed by atoms with Crippen LogP contribution in [0.2, 0.25) is 0 Å². The van der Waals surface area contributed by atoms with Crippen LogP contribution in [-0.2, 0) is 11.2 Å². The van der Waals surface area contributed by atoms with Gasteiger partial charge in [0.1, 0.15) is 0 Å². The fourth-order valence-corrected chi connectivity index (χ4v) is 2.93. The number of hydrogen-bond acceptors (Lipinski definition) is 3. The van der Waals surface area contributed by atoms with Gasteiger partial charge in [-0.1, -0.05) is 20.8 Å². The van der Waals surface area contributed by atoms with Crippen molar-refractivity contribution in [2.45, 2.75) is 40.0 Å². The lowest BCUT2D eigenvalue weighted by atomic mass is 9.82. The average molecular weight is 283 g/mol. The summed E-state index contributed by atoms with van der Waals surface area (Å²) in [4.78, 5) is 24.1. The predicted molar refractivity (Wildman–Crippen MR) is 76.7 cm³/mol. The summed E-state index contributed by atoms with van der Waals surface area (Å²) in [6, 6.07) is 1.93. The van der Waals surface area contributed by atoms with E-state index in [-0.39, 0.29) is 12.5 Å². The van der Waals surface area contributed by atoms with Gasteiger partial charge >= 0.3 is 5.97 Å². The number of thiophene rings is 1. The minimum absolute atomic E-state index is 0.167. The van der Waals surface area contributed by atoms with Gasteiger partial charge < -0.3 is 10.4 Å². The van der Waals surface area contributed by atoms with Crippen molar-refractivity contribution >= 4 is 23.2 Å². The fourth-order valence-electron chi connectivity index (χ4n) is 2.02. The lowest BCUT2D eigenvalue weighted by molar-refractivity contribution is -0.149. The maximum atomic E-state index is 12.1. The standard InChI is InChI=1S/C14H21NO3S/c1-4-10-7-8-19-11(10)12(16)15-9-14(5-2,6-3)13(17)18/h7-8H,4-6,9H2,1-3H3,(H,15,16)(H,17,18). The molecule has 106 valence electrons. The second-order valence-electron chi connectivity index (χ2n) is 4.60. The van der Waals surface area contributed by atoms with Crippen LogP contribution in [0, 0.1) is 5.41 Å². The first-order valence-electron chi connectivity index (χ1n) is 6.58. The quantitative estimate of drug-likeness (QED) is 0.808. The molecule has 1 heterocycles. The molecule has 0 bridgehead atoms. The van der Waals surface area contributed by atoms with Crippen molar-refractivity contribution in [2.24, 2.45) is 5.41 Å². The molecule has 0 atom stereocenters. The van der Waals surface area contributed by atoms with E-state index in [1.165, 1.54) is 11.3 Å². The zero-order valence-corrected chi connectivity index (χ0v) is 12.5. The Labute approximate surface area is 117 Å². The molecular formula is C14H21NO3S. The van der Waals surface area contributed by atoms with Gasteiger partial charge in [-0.05, 0) is 36.3 Å². The number of nitrogens with one attached hydrogen (secondary N) is 1. The third-order valence-electron chi connectivity index (χ3n) is 3.73. The number of rotatable bonds is 7. The number of carboxylic acid groups (broad SMARTS) is 1. The minimum Gasteiger partial charge on any atom is -0.481 e. The van der Waals surface area contributed by atoms with Crippen molar-refractivity contribution < 1.29 is 14.7 Å². The lowest BCUT2D eigenvalue weighted by Crippen LogP contribution is -2.42. The molecule has 0 saturated heterocycles. The Kier molecular flexibility index (Phi) is 5.54. The van der Waals surface area contributed by atoms with Crippen molar-refractivity contribution in [3.8, 4) is 0 Å². The van der Waals surface area contributed by atoms with E-state index in [4.69, 9.17) is 0 Å². The van der Waals surface area contributed by atoms with Gasteiger partial charge in [0.05, 0.1) is 10.3 Å².